The van der Waals surface area contributed by atoms with Gasteiger partial charge in [-0.1, -0.05) is 0 Å². The predicted octanol–water partition coefficient (Wildman–Crippen LogP) is 1.41. The minimum atomic E-state index is -0.314. The van der Waals surface area contributed by atoms with Crippen LogP contribution in [0.4, 0.5) is 0 Å². The first-order chi connectivity index (χ1) is 9.71. The fourth-order valence-electron chi connectivity index (χ4n) is 2.89. The van der Waals surface area contributed by atoms with Crippen LogP contribution in [-0.4, -0.2) is 45.6 Å². The van der Waals surface area contributed by atoms with Gasteiger partial charge in [0.15, 0.2) is 0 Å². The Morgan fingerprint density at radius 1 is 1.14 bits per heavy atom. The Morgan fingerprint density at radius 2 is 1.76 bits per heavy atom. The van der Waals surface area contributed by atoms with Crippen LogP contribution in [0.3, 0.4) is 0 Å². The monoisotopic (exact) mass is 291 g/mol. The molecule has 0 N–H and O–H groups in total. The third-order valence-electron chi connectivity index (χ3n) is 5.17. The van der Waals surface area contributed by atoms with Gasteiger partial charge >= 0.3 is 7.12 Å². The van der Waals surface area contributed by atoms with Crippen molar-refractivity contribution < 1.29 is 9.31 Å². The highest BCUT2D eigenvalue weighted by Gasteiger charge is 2.53. The van der Waals surface area contributed by atoms with E-state index < -0.39 is 0 Å². The van der Waals surface area contributed by atoms with Gasteiger partial charge in [0.05, 0.1) is 23.4 Å². The van der Waals surface area contributed by atoms with Gasteiger partial charge in [0.2, 0.25) is 0 Å². The molecule has 0 spiro atoms. The van der Waals surface area contributed by atoms with E-state index in [0.717, 1.165) is 25.1 Å². The van der Waals surface area contributed by atoms with Crippen molar-refractivity contribution in [2.45, 2.75) is 71.9 Å². The standard InChI is InChI=1S/C15H26BN3O2/c1-11(2)18-7-8-19-13(10-18)12(9-17-19)16-20-14(3,4)15(5,6)21-16/h9,11H,7-8,10H2,1-6H3. The van der Waals surface area contributed by atoms with E-state index in [1.54, 1.807) is 0 Å². The second kappa shape index (κ2) is 4.83. The minimum Gasteiger partial charge on any atom is -0.399 e. The molecule has 5 nitrogen and oxygen atoms in total. The number of rotatable bonds is 2. The lowest BCUT2D eigenvalue weighted by Gasteiger charge is -2.32. The van der Waals surface area contributed by atoms with Crippen molar-refractivity contribution in [1.82, 2.24) is 14.7 Å². The van der Waals surface area contributed by atoms with Gasteiger partial charge in [-0.05, 0) is 41.5 Å². The molecule has 1 saturated heterocycles. The summed E-state index contributed by atoms with van der Waals surface area (Å²) in [5.74, 6) is 0. The third kappa shape index (κ3) is 2.43. The molecule has 0 bridgehead atoms. The summed E-state index contributed by atoms with van der Waals surface area (Å²) in [6, 6.07) is 0.541. The molecule has 0 aromatic carbocycles. The zero-order valence-electron chi connectivity index (χ0n) is 14.0. The lowest BCUT2D eigenvalue weighted by atomic mass is 9.79. The molecule has 1 aromatic heterocycles. The number of hydrogen-bond donors (Lipinski definition) is 0. The molecule has 21 heavy (non-hydrogen) atoms. The third-order valence-corrected chi connectivity index (χ3v) is 5.17. The zero-order chi connectivity index (χ0) is 15.4. The normalized spacial score (nSPS) is 24.6. The van der Waals surface area contributed by atoms with Crippen molar-refractivity contribution in [2.24, 2.45) is 0 Å². The van der Waals surface area contributed by atoms with Crippen molar-refractivity contribution in [1.29, 1.82) is 0 Å². The Balaban J connectivity index is 1.88. The van der Waals surface area contributed by atoms with Gasteiger partial charge < -0.3 is 9.31 Å². The molecule has 1 fully saturated rings. The molecule has 0 atom stereocenters. The first-order valence-electron chi connectivity index (χ1n) is 7.85. The highest BCUT2D eigenvalue weighted by atomic mass is 16.7. The molecule has 3 heterocycles. The van der Waals surface area contributed by atoms with Crippen LogP contribution in [0.15, 0.2) is 6.20 Å². The summed E-state index contributed by atoms with van der Waals surface area (Å²) < 4.78 is 14.4. The van der Waals surface area contributed by atoms with Gasteiger partial charge in [-0.2, -0.15) is 5.10 Å². The average molecular weight is 291 g/mol. The number of nitrogens with zero attached hydrogens (tertiary/aromatic N) is 3. The summed E-state index contributed by atoms with van der Waals surface area (Å²) in [4.78, 5) is 2.46. The molecule has 0 saturated carbocycles. The first-order valence-corrected chi connectivity index (χ1v) is 7.85. The van der Waals surface area contributed by atoms with E-state index in [1.807, 2.05) is 6.20 Å². The van der Waals surface area contributed by atoms with Gasteiger partial charge in [0.25, 0.3) is 0 Å². The molecule has 0 radical (unpaired) electrons. The van der Waals surface area contributed by atoms with Crippen LogP contribution in [0, 0.1) is 0 Å². The highest BCUT2D eigenvalue weighted by Crippen LogP contribution is 2.36. The molecule has 0 amide bonds. The number of hydrogen-bond acceptors (Lipinski definition) is 4. The van der Waals surface area contributed by atoms with Crippen LogP contribution in [0.25, 0.3) is 0 Å². The molecule has 2 aliphatic heterocycles. The van der Waals surface area contributed by atoms with Gasteiger partial charge in [0, 0.05) is 30.8 Å². The molecule has 0 unspecified atom stereocenters. The van der Waals surface area contributed by atoms with Gasteiger partial charge in [-0.15, -0.1) is 0 Å². The Kier molecular flexibility index (Phi) is 3.47. The maximum absolute atomic E-state index is 6.18. The van der Waals surface area contributed by atoms with Crippen LogP contribution in [0.2, 0.25) is 0 Å². The van der Waals surface area contributed by atoms with Crippen molar-refractivity contribution in [3.8, 4) is 0 Å². The molecule has 2 aliphatic rings. The van der Waals surface area contributed by atoms with E-state index in [-0.39, 0.29) is 18.3 Å². The Morgan fingerprint density at radius 3 is 2.33 bits per heavy atom. The van der Waals surface area contributed by atoms with E-state index in [4.69, 9.17) is 9.31 Å². The van der Waals surface area contributed by atoms with Crippen LogP contribution in [0.5, 0.6) is 0 Å². The Hall–Kier alpha value is -0.845. The molecule has 0 aliphatic carbocycles. The summed E-state index contributed by atoms with van der Waals surface area (Å²) in [6.45, 7) is 15.7. The fourth-order valence-corrected chi connectivity index (χ4v) is 2.89. The highest BCUT2D eigenvalue weighted by molar-refractivity contribution is 6.62. The number of fused-ring (bicyclic) bond motifs is 1. The van der Waals surface area contributed by atoms with Crippen molar-refractivity contribution in [3.05, 3.63) is 11.9 Å². The molecule has 116 valence electrons. The first kappa shape index (κ1) is 15.1. The van der Waals surface area contributed by atoms with Crippen LogP contribution in [0.1, 0.15) is 47.2 Å². The minimum absolute atomic E-state index is 0.307. The Labute approximate surface area is 127 Å². The second-order valence-electron chi connectivity index (χ2n) is 7.42. The predicted molar refractivity (Wildman–Crippen MR) is 83.5 cm³/mol. The van der Waals surface area contributed by atoms with E-state index >= 15 is 0 Å². The fraction of sp³-hybridized carbons (Fsp3) is 0.800. The smallest absolute Gasteiger partial charge is 0.399 e. The van der Waals surface area contributed by atoms with Crippen LogP contribution >= 0.6 is 0 Å². The topological polar surface area (TPSA) is 39.5 Å². The van der Waals surface area contributed by atoms with E-state index in [2.05, 4.69) is 56.2 Å². The SMILES string of the molecule is CC(C)N1CCn2ncc(B3OC(C)(C)C(C)(C)O3)c2C1. The summed E-state index contributed by atoms with van der Waals surface area (Å²) in [5.41, 5.74) is 1.70. The van der Waals surface area contributed by atoms with Crippen LogP contribution in [-0.2, 0) is 22.4 Å². The lowest BCUT2D eigenvalue weighted by Crippen LogP contribution is -2.43. The Bertz CT molecular complexity index is 523. The maximum atomic E-state index is 6.18. The van der Waals surface area contributed by atoms with E-state index in [0.29, 0.717) is 6.04 Å². The zero-order valence-corrected chi connectivity index (χ0v) is 14.0. The van der Waals surface area contributed by atoms with E-state index in [9.17, 15) is 0 Å². The van der Waals surface area contributed by atoms with Crippen molar-refractivity contribution >= 4 is 12.6 Å². The summed E-state index contributed by atoms with van der Waals surface area (Å²) >= 11 is 0. The molecule has 6 heteroatoms. The molecular weight excluding hydrogens is 265 g/mol. The second-order valence-corrected chi connectivity index (χ2v) is 7.42. The average Bonchev–Trinajstić information content (AvgIpc) is 2.87. The van der Waals surface area contributed by atoms with Gasteiger partial charge in [0.1, 0.15) is 0 Å². The lowest BCUT2D eigenvalue weighted by molar-refractivity contribution is 0.00578. The van der Waals surface area contributed by atoms with Gasteiger partial charge in [-0.25, -0.2) is 0 Å². The van der Waals surface area contributed by atoms with Gasteiger partial charge in [-0.3, -0.25) is 9.58 Å². The molecule has 1 aromatic rings. The maximum Gasteiger partial charge on any atom is 0.498 e. The van der Waals surface area contributed by atoms with Crippen molar-refractivity contribution in [3.63, 3.8) is 0 Å². The largest absolute Gasteiger partial charge is 0.498 e. The summed E-state index contributed by atoms with van der Waals surface area (Å²) in [6.07, 6.45) is 1.92. The summed E-state index contributed by atoms with van der Waals surface area (Å²) in [7, 11) is -0.314. The van der Waals surface area contributed by atoms with Crippen LogP contribution < -0.4 is 5.46 Å². The summed E-state index contributed by atoms with van der Waals surface area (Å²) in [5, 5.41) is 4.52. The van der Waals surface area contributed by atoms with Crippen molar-refractivity contribution in [2.75, 3.05) is 6.54 Å². The number of aromatic nitrogens is 2. The quantitative estimate of drug-likeness (QED) is 0.772. The molecular formula is C15H26BN3O2. The molecule has 3 rings (SSSR count). The van der Waals surface area contributed by atoms with E-state index in [1.165, 1.54) is 5.69 Å².